The van der Waals surface area contributed by atoms with Crippen molar-refractivity contribution in [3.8, 4) is 0 Å². The zero-order valence-corrected chi connectivity index (χ0v) is 30.9. The van der Waals surface area contributed by atoms with Crippen LogP contribution < -0.4 is 0 Å². The van der Waals surface area contributed by atoms with Crippen LogP contribution in [-0.4, -0.2) is 87.2 Å². The Balaban J connectivity index is 0.00000529. The van der Waals surface area contributed by atoms with Gasteiger partial charge in [0.2, 0.25) is 0 Å². The van der Waals surface area contributed by atoms with Crippen LogP contribution in [0.2, 0.25) is 5.04 Å². The van der Waals surface area contributed by atoms with Gasteiger partial charge >= 0.3 is 0 Å². The van der Waals surface area contributed by atoms with E-state index in [1.165, 1.54) is 0 Å². The van der Waals surface area contributed by atoms with Crippen LogP contribution in [0.1, 0.15) is 64.2 Å². The second-order valence-corrected chi connectivity index (χ2v) is 15.9. The van der Waals surface area contributed by atoms with Crippen molar-refractivity contribution >= 4 is 39.3 Å². The molecule has 44 heavy (non-hydrogen) atoms. The number of rotatable bonds is 15. The molecular weight excluding hydrogens is 579 g/mol. The van der Waals surface area contributed by atoms with Crippen molar-refractivity contribution in [2.24, 2.45) is 0 Å². The molecule has 5 atom stereocenters. The molecule has 1 fully saturated rings. The number of hydrogen-bond acceptors (Lipinski definition) is 6. The van der Waals surface area contributed by atoms with Crippen LogP contribution in [0.5, 0.6) is 0 Å². The number of hydrogen-bond donors (Lipinski definition) is 1. The Labute approximate surface area is 289 Å². The van der Waals surface area contributed by atoms with Crippen molar-refractivity contribution in [1.29, 1.82) is 0 Å². The molecule has 1 saturated heterocycles. The van der Waals surface area contributed by atoms with Crippen molar-refractivity contribution < 1.29 is 28.5 Å². The topological polar surface area (TPSA) is 66.4 Å². The molecule has 1 N–H and O–H groups in total. The summed E-state index contributed by atoms with van der Waals surface area (Å²) in [5.41, 5.74) is 2.61. The molecule has 3 aromatic rings. The van der Waals surface area contributed by atoms with E-state index in [0.717, 1.165) is 16.7 Å². The molecule has 0 aliphatic carbocycles. The van der Waals surface area contributed by atoms with E-state index in [0.29, 0.717) is 32.7 Å². The minimum absolute atomic E-state index is 0. The molecule has 6 nitrogen and oxygen atoms in total. The second kappa shape index (κ2) is 18.1. The van der Waals surface area contributed by atoms with Gasteiger partial charge in [-0.1, -0.05) is 112 Å². The van der Waals surface area contributed by atoms with E-state index >= 15 is 0 Å². The Morgan fingerprint density at radius 3 is 1.52 bits per heavy atom. The van der Waals surface area contributed by atoms with Crippen molar-refractivity contribution in [2.75, 3.05) is 6.61 Å². The zero-order valence-electron chi connectivity index (χ0n) is 27.5. The average Bonchev–Trinajstić information content (AvgIpc) is 3.01. The molecule has 0 bridgehead atoms. The maximum absolute atomic E-state index is 9.80. The number of aliphatic hydroxyl groups excluding tert-OH is 1. The maximum Gasteiger partial charge on any atom is 0.167 e. The summed E-state index contributed by atoms with van der Waals surface area (Å²) in [7, 11) is -0.895. The van der Waals surface area contributed by atoms with Crippen molar-refractivity contribution in [3.63, 3.8) is 0 Å². The molecule has 1 heterocycles. The van der Waals surface area contributed by atoms with Gasteiger partial charge in [-0.05, 0) is 48.4 Å². The Bertz CT molecular complexity index is 1190. The predicted molar refractivity (Wildman–Crippen MR) is 179 cm³/mol. The van der Waals surface area contributed by atoms with E-state index in [-0.39, 0.29) is 47.3 Å². The van der Waals surface area contributed by atoms with Gasteiger partial charge in [0.15, 0.2) is 9.76 Å². The van der Waals surface area contributed by atoms with Gasteiger partial charge in [0.05, 0.1) is 31.5 Å². The third-order valence-corrected chi connectivity index (χ3v) is 9.45. The van der Waals surface area contributed by atoms with Gasteiger partial charge in [0.25, 0.3) is 0 Å². The first-order valence-corrected chi connectivity index (χ1v) is 16.8. The summed E-state index contributed by atoms with van der Waals surface area (Å²) in [5.74, 6) is 0. The largest absolute Gasteiger partial charge is 0.416 e. The fourth-order valence-electron chi connectivity index (χ4n) is 5.36. The van der Waals surface area contributed by atoms with Crippen LogP contribution >= 0.6 is 0 Å². The van der Waals surface area contributed by atoms with E-state index in [9.17, 15) is 5.11 Å². The molecular formula is C36H50NaO6Si. The summed E-state index contributed by atoms with van der Waals surface area (Å²) < 4.78 is 34.0. The zero-order chi connectivity index (χ0) is 30.7. The average molecular weight is 630 g/mol. The van der Waals surface area contributed by atoms with Gasteiger partial charge in [-0.3, -0.25) is 0 Å². The Kier molecular flexibility index (Phi) is 15.3. The number of ether oxygens (including phenoxy) is 4. The van der Waals surface area contributed by atoms with Crippen LogP contribution in [-0.2, 0) is 43.2 Å². The van der Waals surface area contributed by atoms with Gasteiger partial charge in [0.1, 0.15) is 24.4 Å². The van der Waals surface area contributed by atoms with Crippen LogP contribution in [0.25, 0.3) is 0 Å². The molecule has 1 aliphatic heterocycles. The first-order valence-electron chi connectivity index (χ1n) is 15.5. The monoisotopic (exact) mass is 629 g/mol. The maximum atomic E-state index is 9.80. The van der Waals surface area contributed by atoms with Gasteiger partial charge in [-0.2, -0.15) is 0 Å². The molecule has 8 heteroatoms. The Morgan fingerprint density at radius 2 is 1.09 bits per heavy atom. The van der Waals surface area contributed by atoms with Crippen LogP contribution in [0.15, 0.2) is 91.0 Å². The van der Waals surface area contributed by atoms with Gasteiger partial charge in [-0.15, -0.1) is 0 Å². The second-order valence-electron chi connectivity index (χ2n) is 13.2. The minimum Gasteiger partial charge on any atom is -0.416 e. The van der Waals surface area contributed by atoms with E-state index in [4.69, 9.17) is 23.4 Å². The van der Waals surface area contributed by atoms with Crippen molar-refractivity contribution in [1.82, 2.24) is 0 Å². The predicted octanol–water partition coefficient (Wildman–Crippen LogP) is 6.00. The summed E-state index contributed by atoms with van der Waals surface area (Å²) in [6, 6.07) is 30.6. The molecule has 0 spiro atoms. The van der Waals surface area contributed by atoms with E-state index in [1.54, 1.807) is 0 Å². The van der Waals surface area contributed by atoms with E-state index in [2.05, 4.69) is 71.0 Å². The summed E-state index contributed by atoms with van der Waals surface area (Å²) in [6.07, 6.45) is -0.793. The first-order chi connectivity index (χ1) is 20.7. The molecule has 0 saturated carbocycles. The standard InChI is InChI=1S/C36H50O6Si.Na/c1-35(2,3)43-42-36(4,5)34-33(40-26-29-20-13-8-14-21-29)32(39-25-28-18-11-7-12-19-28)31(30(41-34)22-15-23-37)38-24-27-16-9-6-10-17-27;/h6-14,16-21,30-34,37H,15,22-26,43H2,1-5H3;. The summed E-state index contributed by atoms with van der Waals surface area (Å²) in [6.45, 7) is 12.2. The SMILES string of the molecule is CC(C)(C)[SiH2]OC(C)(C)C1OC(CCCO)C(OCc2ccccc2)C(OCc2ccccc2)C1OCc1ccccc1.[Na]. The van der Waals surface area contributed by atoms with Gasteiger partial charge < -0.3 is 28.5 Å². The van der Waals surface area contributed by atoms with Crippen molar-refractivity contribution in [3.05, 3.63) is 108 Å². The van der Waals surface area contributed by atoms with Crippen molar-refractivity contribution in [2.45, 2.75) is 108 Å². The summed E-state index contributed by atoms with van der Waals surface area (Å²) in [5, 5.41) is 9.92. The molecule has 1 aliphatic rings. The molecule has 0 amide bonds. The fourth-order valence-corrected chi connectivity index (χ4v) is 6.33. The van der Waals surface area contributed by atoms with E-state index in [1.807, 2.05) is 54.6 Å². The smallest absolute Gasteiger partial charge is 0.167 e. The fraction of sp³-hybridized carbons (Fsp3) is 0.500. The minimum atomic E-state index is -0.895. The van der Waals surface area contributed by atoms with Crippen LogP contribution in [0.4, 0.5) is 0 Å². The van der Waals surface area contributed by atoms with E-state index < -0.39 is 39.8 Å². The molecule has 4 rings (SSSR count). The van der Waals surface area contributed by atoms with Crippen LogP contribution in [0.3, 0.4) is 0 Å². The van der Waals surface area contributed by atoms with Gasteiger partial charge in [0, 0.05) is 36.2 Å². The first kappa shape index (κ1) is 37.1. The third-order valence-electron chi connectivity index (χ3n) is 7.70. The molecule has 0 aromatic heterocycles. The Hall–Kier alpha value is -1.36. The summed E-state index contributed by atoms with van der Waals surface area (Å²) >= 11 is 0. The molecule has 1 radical (unpaired) electrons. The third kappa shape index (κ3) is 11.5. The summed E-state index contributed by atoms with van der Waals surface area (Å²) in [4.78, 5) is 0. The molecule has 235 valence electrons. The van der Waals surface area contributed by atoms with Crippen LogP contribution in [0, 0.1) is 0 Å². The molecule has 5 unspecified atom stereocenters. The van der Waals surface area contributed by atoms with Gasteiger partial charge in [-0.25, -0.2) is 0 Å². The Morgan fingerprint density at radius 1 is 0.659 bits per heavy atom. The normalized spacial score (nSPS) is 22.6. The number of aliphatic hydroxyl groups is 1. The molecule has 3 aromatic carbocycles. The number of benzene rings is 3. The quantitative estimate of drug-likeness (QED) is 0.208.